The van der Waals surface area contributed by atoms with Gasteiger partial charge in [-0.2, -0.15) is 11.8 Å². The molecule has 3 heterocycles. The zero-order chi connectivity index (χ0) is 27.4. The first-order valence-corrected chi connectivity index (χ1v) is 14.6. The number of carboxylic acids is 1. The number of benzene rings is 1. The van der Waals surface area contributed by atoms with Gasteiger partial charge in [-0.1, -0.05) is 46.7 Å². The number of amides is 2. The Kier molecular flexibility index (Phi) is 9.10. The minimum Gasteiger partial charge on any atom is -0.477 e. The highest BCUT2D eigenvalue weighted by Gasteiger charge is 2.54. The average molecular weight is 595 g/mol. The highest BCUT2D eigenvalue weighted by Crippen LogP contribution is 2.46. The van der Waals surface area contributed by atoms with Crippen LogP contribution < -0.4 is 16.8 Å². The molecule has 1 aromatic heterocycles. The number of nitrogens with one attached hydrogen (secondary N) is 1. The van der Waals surface area contributed by atoms with Gasteiger partial charge in [-0.05, 0) is 23.8 Å². The fourth-order valence-electron chi connectivity index (χ4n) is 3.82. The van der Waals surface area contributed by atoms with Crippen molar-refractivity contribution < 1.29 is 24.7 Å². The van der Waals surface area contributed by atoms with Crippen LogP contribution >= 0.6 is 46.9 Å². The van der Waals surface area contributed by atoms with Crippen molar-refractivity contribution >= 4 is 76.2 Å². The molecule has 15 heteroatoms. The van der Waals surface area contributed by atoms with E-state index in [-0.39, 0.29) is 22.2 Å². The number of anilines is 1. The lowest BCUT2D eigenvalue weighted by Gasteiger charge is -2.49. The summed E-state index contributed by atoms with van der Waals surface area (Å²) in [5, 5.41) is 24.3. The maximum Gasteiger partial charge on any atom is 0.353 e. The summed E-state index contributed by atoms with van der Waals surface area (Å²) in [5.74, 6) is -0.841. The monoisotopic (exact) mass is 594 g/mol. The number of hydrogen-bond donors (Lipinski definition) is 5. The molecular formula is C23H23ClN6O5S3. The van der Waals surface area contributed by atoms with Gasteiger partial charge in [0.05, 0.1) is 5.02 Å². The number of carbonyl (C=O) groups excluding carboxylic acids is 2. The Hall–Kier alpha value is -2.91. The van der Waals surface area contributed by atoms with Crippen molar-refractivity contribution in [1.29, 1.82) is 0 Å². The number of thioether (sulfide) groups is 3. The van der Waals surface area contributed by atoms with Gasteiger partial charge in [0.2, 0.25) is 0 Å². The van der Waals surface area contributed by atoms with Gasteiger partial charge in [0.1, 0.15) is 28.6 Å². The van der Waals surface area contributed by atoms with Gasteiger partial charge in [-0.3, -0.25) is 14.5 Å². The van der Waals surface area contributed by atoms with Crippen LogP contribution in [-0.2, 0) is 20.1 Å². The minimum atomic E-state index is -1.24. The molecule has 11 nitrogen and oxygen atoms in total. The van der Waals surface area contributed by atoms with Crippen molar-refractivity contribution in [3.05, 3.63) is 63.3 Å². The number of pyridine rings is 1. The second-order valence-electron chi connectivity index (χ2n) is 8.00. The second-order valence-corrected chi connectivity index (χ2v) is 11.8. The zero-order valence-electron chi connectivity index (χ0n) is 19.7. The van der Waals surface area contributed by atoms with E-state index in [4.69, 9.17) is 23.1 Å². The summed E-state index contributed by atoms with van der Waals surface area (Å²) in [5.41, 5.74) is 11.5. The van der Waals surface area contributed by atoms with Gasteiger partial charge in [0.25, 0.3) is 11.8 Å². The molecule has 200 valence electrons. The standard InChI is InChI=1S/C23H23ClN6O5S3/c24-12-5-6-15(26)27-16(12)17(29-35)20(31)28-18-21(32)30-19(23(33)34)14(10-37-22(18)30)38-13-4-2-1-3-11(13)9-36-8-7-25/h1-6,18,22,35H,7-10,25H2,(H2,26,27)(H,28,31)(H,33,34)/b29-17-/t18-,22+/m1/s1. The fourth-order valence-corrected chi connectivity index (χ4v) is 7.49. The van der Waals surface area contributed by atoms with Crippen molar-refractivity contribution in [2.24, 2.45) is 10.9 Å². The van der Waals surface area contributed by atoms with E-state index in [9.17, 15) is 24.7 Å². The van der Waals surface area contributed by atoms with Crippen LogP contribution in [0, 0.1) is 0 Å². The highest BCUT2D eigenvalue weighted by molar-refractivity contribution is 8.06. The third-order valence-corrected chi connectivity index (χ3v) is 9.56. The first kappa shape index (κ1) is 28.1. The average Bonchev–Trinajstić information content (AvgIpc) is 2.90. The molecule has 0 spiro atoms. The number of hydrogen-bond acceptors (Lipinski definition) is 11. The molecule has 4 rings (SSSR count). The van der Waals surface area contributed by atoms with E-state index in [0.717, 1.165) is 22.0 Å². The van der Waals surface area contributed by atoms with Crippen LogP contribution in [0.1, 0.15) is 11.3 Å². The molecule has 0 radical (unpaired) electrons. The summed E-state index contributed by atoms with van der Waals surface area (Å²) in [6.45, 7) is 0.565. The Morgan fingerprint density at radius 3 is 2.76 bits per heavy atom. The van der Waals surface area contributed by atoms with Gasteiger partial charge in [0.15, 0.2) is 5.71 Å². The molecule has 1 fully saturated rings. The van der Waals surface area contributed by atoms with Gasteiger partial charge < -0.3 is 27.1 Å². The van der Waals surface area contributed by atoms with Crippen LogP contribution in [0.15, 0.2) is 57.1 Å². The minimum absolute atomic E-state index is 0.0234. The summed E-state index contributed by atoms with van der Waals surface area (Å²) in [4.78, 5) is 44.7. The molecule has 0 saturated carbocycles. The molecule has 38 heavy (non-hydrogen) atoms. The van der Waals surface area contributed by atoms with E-state index in [0.29, 0.717) is 17.2 Å². The van der Waals surface area contributed by atoms with Crippen LogP contribution in [-0.4, -0.2) is 73.2 Å². The number of carbonyl (C=O) groups is 3. The Bertz CT molecular complexity index is 1340. The maximum absolute atomic E-state index is 13.1. The van der Waals surface area contributed by atoms with Crippen molar-refractivity contribution in [2.75, 3.05) is 23.8 Å². The first-order valence-electron chi connectivity index (χ1n) is 11.2. The summed E-state index contributed by atoms with van der Waals surface area (Å²) in [7, 11) is 0. The smallest absolute Gasteiger partial charge is 0.353 e. The number of β-lactam (4-membered cyclic amide) rings is 1. The third-order valence-electron chi connectivity index (χ3n) is 5.55. The van der Waals surface area contributed by atoms with E-state index in [1.54, 1.807) is 11.8 Å². The SMILES string of the molecule is NCCSCc1ccccc1SC1=C(C(=O)O)N2C(=O)[C@@H](NC(=O)/C(=N\O)c3nc(N)ccc3Cl)[C@@H]2SC1. The summed E-state index contributed by atoms with van der Waals surface area (Å²) in [6, 6.07) is 9.46. The number of nitrogens with two attached hydrogens (primary N) is 2. The van der Waals surface area contributed by atoms with Crippen LogP contribution in [0.4, 0.5) is 5.82 Å². The Balaban J connectivity index is 1.53. The number of rotatable bonds is 10. The van der Waals surface area contributed by atoms with Gasteiger partial charge in [-0.25, -0.2) is 9.78 Å². The molecule has 0 unspecified atom stereocenters. The number of carboxylic acid groups (broad SMARTS) is 1. The van der Waals surface area contributed by atoms with Gasteiger partial charge >= 0.3 is 5.97 Å². The molecule has 2 aromatic rings. The Morgan fingerprint density at radius 2 is 2.05 bits per heavy atom. The number of aliphatic carboxylic acids is 1. The quantitative estimate of drug-likeness (QED) is 0.0892. The number of fused-ring (bicyclic) bond motifs is 1. The largest absolute Gasteiger partial charge is 0.477 e. The van der Waals surface area contributed by atoms with Gasteiger partial charge in [0, 0.05) is 33.6 Å². The van der Waals surface area contributed by atoms with Crippen molar-refractivity contribution in [3.63, 3.8) is 0 Å². The molecule has 1 saturated heterocycles. The third kappa shape index (κ3) is 5.73. The first-order chi connectivity index (χ1) is 18.3. The van der Waals surface area contributed by atoms with Crippen LogP contribution in [0.25, 0.3) is 0 Å². The van der Waals surface area contributed by atoms with Crippen molar-refractivity contribution in [2.45, 2.75) is 22.1 Å². The second kappa shape index (κ2) is 12.3. The predicted octanol–water partition coefficient (Wildman–Crippen LogP) is 2.18. The molecule has 1 aromatic carbocycles. The number of halogens is 1. The molecule has 2 aliphatic heterocycles. The van der Waals surface area contributed by atoms with E-state index >= 15 is 0 Å². The van der Waals surface area contributed by atoms with E-state index in [1.165, 1.54) is 40.6 Å². The summed E-state index contributed by atoms with van der Waals surface area (Å²) in [6.07, 6.45) is 0. The van der Waals surface area contributed by atoms with Gasteiger partial charge in [-0.15, -0.1) is 11.8 Å². The molecule has 0 aliphatic carbocycles. The van der Waals surface area contributed by atoms with Crippen LogP contribution in [0.2, 0.25) is 5.02 Å². The maximum atomic E-state index is 13.1. The zero-order valence-corrected chi connectivity index (χ0v) is 22.9. The van der Waals surface area contributed by atoms with E-state index in [2.05, 4.69) is 15.5 Å². The lowest BCUT2D eigenvalue weighted by Crippen LogP contribution is -2.71. The van der Waals surface area contributed by atoms with Crippen molar-refractivity contribution in [3.8, 4) is 0 Å². The Morgan fingerprint density at radius 1 is 1.29 bits per heavy atom. The molecule has 7 N–H and O–H groups in total. The molecule has 2 atom stereocenters. The van der Waals surface area contributed by atoms with E-state index < -0.39 is 34.9 Å². The lowest BCUT2D eigenvalue weighted by atomic mass is 10.0. The van der Waals surface area contributed by atoms with Crippen LogP contribution in [0.3, 0.4) is 0 Å². The molecule has 2 amide bonds. The molecular weight excluding hydrogens is 572 g/mol. The summed E-state index contributed by atoms with van der Waals surface area (Å²) < 4.78 is 0. The number of oxime groups is 1. The Labute approximate surface area is 235 Å². The van der Waals surface area contributed by atoms with Crippen LogP contribution in [0.5, 0.6) is 0 Å². The molecule has 2 aliphatic rings. The lowest BCUT2D eigenvalue weighted by molar-refractivity contribution is -0.150. The predicted molar refractivity (Wildman–Crippen MR) is 149 cm³/mol. The van der Waals surface area contributed by atoms with Crippen molar-refractivity contribution in [1.82, 2.24) is 15.2 Å². The van der Waals surface area contributed by atoms with E-state index in [1.807, 2.05) is 24.3 Å². The number of aromatic nitrogens is 1. The topological polar surface area (TPSA) is 184 Å². The fraction of sp³-hybridized carbons (Fsp3) is 0.261. The summed E-state index contributed by atoms with van der Waals surface area (Å²) >= 11 is 10.4. The number of nitrogens with zero attached hydrogens (tertiary/aromatic N) is 3. The number of nitrogen functional groups attached to an aromatic ring is 1. The normalized spacial score (nSPS) is 19.2. The molecule has 0 bridgehead atoms. The highest BCUT2D eigenvalue weighted by atomic mass is 35.5.